The van der Waals surface area contributed by atoms with Gasteiger partial charge in [-0.1, -0.05) is 23.7 Å². The van der Waals surface area contributed by atoms with E-state index in [4.69, 9.17) is 27.1 Å². The molecule has 1 saturated carbocycles. The number of hydrogen-bond donors (Lipinski definition) is 2. The number of hydrogen-bond acceptors (Lipinski definition) is 8. The van der Waals surface area contributed by atoms with E-state index in [2.05, 4.69) is 64.0 Å². The first-order chi connectivity index (χ1) is 27.3. The van der Waals surface area contributed by atoms with Crippen LogP contribution >= 0.6 is 11.6 Å². The molecule has 292 valence electrons. The number of halogens is 1. The molecule has 12 heteroatoms. The lowest BCUT2D eigenvalue weighted by Gasteiger charge is -2.30. The Morgan fingerprint density at radius 3 is 2.32 bits per heavy atom. The van der Waals surface area contributed by atoms with Crippen LogP contribution < -0.4 is 15.8 Å². The maximum Gasteiger partial charge on any atom is 0.239 e. The molecule has 0 radical (unpaired) electrons. The number of pyridine rings is 1. The van der Waals surface area contributed by atoms with Crippen LogP contribution in [0.2, 0.25) is 5.02 Å². The first kappa shape index (κ1) is 38.4. The Kier molecular flexibility index (Phi) is 9.96. The normalized spacial score (nSPS) is 16.7. The number of nitrogens with two attached hydrogens (primary N) is 1. The summed E-state index contributed by atoms with van der Waals surface area (Å²) < 4.78 is 34.9. The van der Waals surface area contributed by atoms with Gasteiger partial charge in [0.15, 0.2) is 0 Å². The van der Waals surface area contributed by atoms with Crippen LogP contribution in [0.3, 0.4) is 0 Å². The quantitative estimate of drug-likeness (QED) is 0.147. The molecule has 3 aromatic heterocycles. The van der Waals surface area contributed by atoms with Crippen molar-refractivity contribution in [2.75, 3.05) is 29.6 Å². The minimum absolute atomic E-state index is 0.0680. The fourth-order valence-electron chi connectivity index (χ4n) is 9.09. The first-order valence-electron chi connectivity index (χ1n) is 19.5. The summed E-state index contributed by atoms with van der Waals surface area (Å²) in [5, 5.41) is 25.6. The summed E-state index contributed by atoms with van der Waals surface area (Å²) in [7, 11) is -3.13. The highest BCUT2D eigenvalue weighted by molar-refractivity contribution is 7.90. The van der Waals surface area contributed by atoms with Crippen molar-refractivity contribution in [3.05, 3.63) is 92.9 Å². The molecule has 1 aliphatic carbocycles. The summed E-state index contributed by atoms with van der Waals surface area (Å²) in [5.74, 6) is 0.364. The zero-order valence-electron chi connectivity index (χ0n) is 33.0. The van der Waals surface area contributed by atoms with E-state index in [1.165, 1.54) is 28.6 Å². The molecule has 6 aromatic rings. The summed E-state index contributed by atoms with van der Waals surface area (Å²) in [6, 6.07) is 17.4. The van der Waals surface area contributed by atoms with Crippen molar-refractivity contribution < 1.29 is 13.2 Å². The SMILES string of the molecule is Cc1cc2c(cc1C#N)c(-c1ccc3c(c1C)NCC3)cn2C1CCC(Oc2ncc(-c3c(C)n(CCCS(C)(=O)=O)c4cc(C)c(C#N)cc34)c(Cl)c2N)CC1. The molecule has 2 aliphatic rings. The summed E-state index contributed by atoms with van der Waals surface area (Å²) in [6.45, 7) is 9.49. The Labute approximate surface area is 338 Å². The van der Waals surface area contributed by atoms with Crippen LogP contribution in [0, 0.1) is 50.4 Å². The van der Waals surface area contributed by atoms with Crippen LogP contribution in [0.25, 0.3) is 44.1 Å². The number of nitriles is 2. The molecule has 3 aromatic carbocycles. The molecule has 8 rings (SSSR count). The van der Waals surface area contributed by atoms with Gasteiger partial charge < -0.3 is 24.9 Å². The van der Waals surface area contributed by atoms with E-state index < -0.39 is 9.84 Å². The molecular formula is C45H46ClN7O3S. The molecule has 0 bridgehead atoms. The molecule has 4 heterocycles. The summed E-state index contributed by atoms with van der Waals surface area (Å²) in [6.07, 6.45) is 9.97. The second kappa shape index (κ2) is 14.8. The van der Waals surface area contributed by atoms with Gasteiger partial charge in [0.25, 0.3) is 0 Å². The number of aromatic nitrogens is 3. The highest BCUT2D eigenvalue weighted by atomic mass is 35.5. The molecule has 1 aliphatic heterocycles. The lowest BCUT2D eigenvalue weighted by Crippen LogP contribution is -2.26. The van der Waals surface area contributed by atoms with Gasteiger partial charge in [-0.2, -0.15) is 10.5 Å². The van der Waals surface area contributed by atoms with Crippen molar-refractivity contribution >= 4 is 54.6 Å². The number of benzene rings is 3. The lowest BCUT2D eigenvalue weighted by molar-refractivity contribution is 0.130. The molecule has 3 N–H and O–H groups in total. The van der Waals surface area contributed by atoms with Crippen molar-refractivity contribution in [1.82, 2.24) is 14.1 Å². The predicted octanol–water partition coefficient (Wildman–Crippen LogP) is 9.50. The van der Waals surface area contributed by atoms with Crippen LogP contribution in [-0.2, 0) is 22.8 Å². The molecule has 57 heavy (non-hydrogen) atoms. The highest BCUT2D eigenvalue weighted by Gasteiger charge is 2.29. The number of nitrogens with one attached hydrogen (secondary N) is 1. The van der Waals surface area contributed by atoms with Gasteiger partial charge in [0.05, 0.1) is 34.0 Å². The van der Waals surface area contributed by atoms with Gasteiger partial charge in [-0.25, -0.2) is 13.4 Å². The van der Waals surface area contributed by atoms with Crippen LogP contribution in [0.4, 0.5) is 11.4 Å². The molecule has 0 atom stereocenters. The Morgan fingerprint density at radius 1 is 0.947 bits per heavy atom. The van der Waals surface area contributed by atoms with Crippen LogP contribution in [0.1, 0.15) is 77.2 Å². The molecule has 0 unspecified atom stereocenters. The number of aryl methyl sites for hydroxylation is 3. The van der Waals surface area contributed by atoms with Gasteiger partial charge in [0.1, 0.15) is 21.6 Å². The van der Waals surface area contributed by atoms with Crippen LogP contribution in [-0.4, -0.2) is 47.2 Å². The smallest absolute Gasteiger partial charge is 0.239 e. The van der Waals surface area contributed by atoms with E-state index in [1.807, 2.05) is 32.9 Å². The van der Waals surface area contributed by atoms with E-state index in [0.717, 1.165) is 88.4 Å². The third-order valence-electron chi connectivity index (χ3n) is 12.1. The minimum Gasteiger partial charge on any atom is -0.473 e. The average Bonchev–Trinajstić information content (AvgIpc) is 3.88. The molecule has 0 spiro atoms. The minimum atomic E-state index is -3.13. The first-order valence-corrected chi connectivity index (χ1v) is 22.0. The lowest BCUT2D eigenvalue weighted by atomic mass is 9.92. The Balaban J connectivity index is 1.06. The maximum atomic E-state index is 11.9. The molecular weight excluding hydrogens is 754 g/mol. The van der Waals surface area contributed by atoms with Crippen molar-refractivity contribution in [3.8, 4) is 40.3 Å². The zero-order chi connectivity index (χ0) is 40.3. The highest BCUT2D eigenvalue weighted by Crippen LogP contribution is 2.45. The van der Waals surface area contributed by atoms with Crippen LogP contribution in [0.5, 0.6) is 5.88 Å². The monoisotopic (exact) mass is 799 g/mol. The standard InChI is InChI=1S/C45H46ClN7O3S/c1-25-17-39-35(19-30(25)21-47)38(34-12-7-29-13-14-50-44(29)27(34)3)24-53(39)32-8-10-33(11-9-32)56-45-43(49)42(46)37(23-51-45)41-28(4)52(15-6-16-57(5,54)55)40-18-26(2)31(22-48)20-36(40)41/h7,12,17-20,23-24,32-33,50H,6,8-11,13-16,49H2,1-5H3. The van der Waals surface area contributed by atoms with Crippen molar-refractivity contribution in [1.29, 1.82) is 10.5 Å². The van der Waals surface area contributed by atoms with Crippen molar-refractivity contribution in [3.63, 3.8) is 0 Å². The second-order valence-corrected chi connectivity index (χ2v) is 18.5. The van der Waals surface area contributed by atoms with E-state index in [1.54, 1.807) is 6.20 Å². The van der Waals surface area contributed by atoms with E-state index in [0.29, 0.717) is 40.6 Å². The maximum absolute atomic E-state index is 11.9. The molecule has 0 saturated heterocycles. The summed E-state index contributed by atoms with van der Waals surface area (Å²) in [5.41, 5.74) is 20.5. The fraction of sp³-hybridized carbons (Fsp3) is 0.356. The number of fused-ring (bicyclic) bond motifs is 3. The van der Waals surface area contributed by atoms with Gasteiger partial charge in [-0.3, -0.25) is 0 Å². The van der Waals surface area contributed by atoms with E-state index in [9.17, 15) is 18.9 Å². The number of nitrogen functional groups attached to an aromatic ring is 1. The average molecular weight is 800 g/mol. The predicted molar refractivity (Wildman–Crippen MR) is 229 cm³/mol. The molecule has 10 nitrogen and oxygen atoms in total. The van der Waals surface area contributed by atoms with Crippen molar-refractivity contribution in [2.24, 2.45) is 0 Å². The Bertz CT molecular complexity index is 2820. The largest absolute Gasteiger partial charge is 0.473 e. The van der Waals surface area contributed by atoms with Crippen LogP contribution in [0.15, 0.2) is 48.8 Å². The summed E-state index contributed by atoms with van der Waals surface area (Å²) in [4.78, 5) is 4.71. The second-order valence-electron chi connectivity index (χ2n) is 15.8. The van der Waals surface area contributed by atoms with Gasteiger partial charge in [0, 0.05) is 87.7 Å². The number of nitrogens with zero attached hydrogens (tertiary/aromatic N) is 5. The number of ether oxygens (including phenoxy) is 1. The molecule has 1 fully saturated rings. The van der Waals surface area contributed by atoms with Gasteiger partial charge in [-0.15, -0.1) is 0 Å². The Hall–Kier alpha value is -5.49. The van der Waals surface area contributed by atoms with E-state index in [-0.39, 0.29) is 23.6 Å². The van der Waals surface area contributed by atoms with Crippen molar-refractivity contribution in [2.45, 2.75) is 84.9 Å². The van der Waals surface area contributed by atoms with Gasteiger partial charge in [0.2, 0.25) is 5.88 Å². The number of anilines is 2. The molecule has 0 amide bonds. The number of sulfone groups is 1. The summed E-state index contributed by atoms with van der Waals surface area (Å²) >= 11 is 7.06. The third kappa shape index (κ3) is 6.87. The zero-order valence-corrected chi connectivity index (χ0v) is 34.5. The van der Waals surface area contributed by atoms with Gasteiger partial charge in [-0.05, 0) is 118 Å². The topological polar surface area (TPSA) is 152 Å². The third-order valence-corrected chi connectivity index (χ3v) is 13.6. The van der Waals surface area contributed by atoms with E-state index >= 15 is 0 Å². The van der Waals surface area contributed by atoms with Gasteiger partial charge >= 0.3 is 0 Å². The fourth-order valence-corrected chi connectivity index (χ4v) is 9.97. The Morgan fingerprint density at radius 2 is 1.63 bits per heavy atom. The number of rotatable bonds is 9.